The Bertz CT molecular complexity index is 1730. The number of aryl methyl sites for hydroxylation is 1. The molecular weight excluding hydrogens is 631 g/mol. The zero-order valence-corrected chi connectivity index (χ0v) is 31.7. The minimum absolute atomic E-state index is 0.114. The molecule has 2 heterocycles. The maximum Gasteiger partial charge on any atom is 0.280 e. The van der Waals surface area contributed by atoms with Crippen molar-refractivity contribution in [2.24, 2.45) is 0 Å². The van der Waals surface area contributed by atoms with Crippen molar-refractivity contribution in [3.05, 3.63) is 72.3 Å². The molecule has 1 aromatic carbocycles. The van der Waals surface area contributed by atoms with Crippen LogP contribution in [0.5, 0.6) is 5.88 Å². The molecule has 3 rings (SSSR count). The van der Waals surface area contributed by atoms with Crippen molar-refractivity contribution in [2.75, 3.05) is 30.0 Å². The number of nitriles is 1. The van der Waals surface area contributed by atoms with Crippen molar-refractivity contribution >= 4 is 35.0 Å². The van der Waals surface area contributed by atoms with E-state index in [2.05, 4.69) is 46.1 Å². The SMILES string of the molecule is C=c1c(C#N)c(O)n(N(C)C(=O)c2ccc(C)cc2)c(=O)/c1=C\c1sc(N(CCCCCCCC)CCCCCCCC)nc1C(C)(C)C. The van der Waals surface area contributed by atoms with Gasteiger partial charge in [0, 0.05) is 36.3 Å². The summed E-state index contributed by atoms with van der Waals surface area (Å²) >= 11 is 1.54. The standard InChI is InChI=1S/C40H57N5O3S/c1-9-11-13-15-17-19-25-44(26-20-18-16-14-12-10-2)39-42-35(40(5,6)7)34(49-39)27-32-30(4)33(28-41)38(48)45(37(32)47)43(8)36(46)31-23-21-29(3)22-24-31/h21-24,27,48H,4,9-20,25-26H2,1-3,5-8H3/b32-27-. The zero-order chi connectivity index (χ0) is 36.1. The number of anilines is 1. The normalized spacial score (nSPS) is 11.9. The number of aromatic nitrogens is 2. The summed E-state index contributed by atoms with van der Waals surface area (Å²) in [5, 5.41) is 23.3. The molecule has 2 aromatic heterocycles. The third-order valence-electron chi connectivity index (χ3n) is 8.94. The Morgan fingerprint density at radius 3 is 2.02 bits per heavy atom. The average Bonchev–Trinajstić information content (AvgIpc) is 3.50. The molecule has 0 radical (unpaired) electrons. The topological polar surface area (TPSA) is 102 Å². The van der Waals surface area contributed by atoms with Gasteiger partial charge in [-0.05, 0) is 38.0 Å². The smallest absolute Gasteiger partial charge is 0.280 e. The highest BCUT2D eigenvalue weighted by molar-refractivity contribution is 7.16. The molecule has 1 amide bonds. The summed E-state index contributed by atoms with van der Waals surface area (Å²) in [6, 6.07) is 8.95. The van der Waals surface area contributed by atoms with Crippen LogP contribution in [0.15, 0.2) is 29.1 Å². The van der Waals surface area contributed by atoms with Gasteiger partial charge in [-0.1, -0.05) is 134 Å². The van der Waals surface area contributed by atoms with E-state index in [1.165, 1.54) is 71.3 Å². The molecule has 0 spiro atoms. The largest absolute Gasteiger partial charge is 0.492 e. The minimum atomic E-state index is -0.643. The van der Waals surface area contributed by atoms with Crippen LogP contribution >= 0.6 is 11.3 Å². The second kappa shape index (κ2) is 18.7. The van der Waals surface area contributed by atoms with Crippen molar-refractivity contribution in [3.8, 4) is 11.9 Å². The zero-order valence-electron chi connectivity index (χ0n) is 30.9. The molecule has 3 aromatic rings. The van der Waals surface area contributed by atoms with E-state index in [9.17, 15) is 20.0 Å². The number of rotatable bonds is 18. The maximum absolute atomic E-state index is 14.1. The number of carbonyl (C=O) groups excluding carboxylic acids is 1. The summed E-state index contributed by atoms with van der Waals surface area (Å²) in [7, 11) is 1.41. The highest BCUT2D eigenvalue weighted by atomic mass is 32.1. The van der Waals surface area contributed by atoms with E-state index in [-0.39, 0.29) is 21.4 Å². The van der Waals surface area contributed by atoms with E-state index in [1.807, 2.05) is 13.0 Å². The van der Waals surface area contributed by atoms with Gasteiger partial charge in [-0.2, -0.15) is 9.94 Å². The predicted octanol–water partition coefficient (Wildman–Crippen LogP) is 7.66. The van der Waals surface area contributed by atoms with Crippen LogP contribution in [0.2, 0.25) is 0 Å². The minimum Gasteiger partial charge on any atom is -0.492 e. The molecular formula is C40H57N5O3S. The second-order valence-corrected chi connectivity index (χ2v) is 15.1. The Balaban J connectivity index is 2.10. The molecule has 0 atom stereocenters. The lowest BCUT2D eigenvalue weighted by molar-refractivity contribution is 0.0961. The Morgan fingerprint density at radius 2 is 1.51 bits per heavy atom. The lowest BCUT2D eigenvalue weighted by Gasteiger charge is -2.22. The van der Waals surface area contributed by atoms with Crippen LogP contribution in [0.3, 0.4) is 0 Å². The number of thiazole rings is 1. The molecule has 8 nitrogen and oxygen atoms in total. The summed E-state index contributed by atoms with van der Waals surface area (Å²) in [5.74, 6) is -1.12. The lowest BCUT2D eigenvalue weighted by Crippen LogP contribution is -2.53. The molecule has 0 saturated heterocycles. The van der Waals surface area contributed by atoms with Crippen LogP contribution in [0.1, 0.15) is 144 Å². The number of pyridine rings is 1. The molecule has 266 valence electrons. The number of hydrogen-bond donors (Lipinski definition) is 1. The van der Waals surface area contributed by atoms with Gasteiger partial charge in [0.05, 0.1) is 15.8 Å². The number of amides is 1. The first-order valence-corrected chi connectivity index (χ1v) is 18.9. The fourth-order valence-corrected chi connectivity index (χ4v) is 7.19. The van der Waals surface area contributed by atoms with Crippen LogP contribution in [0, 0.1) is 18.3 Å². The van der Waals surface area contributed by atoms with Crippen molar-refractivity contribution in [2.45, 2.75) is 124 Å². The Kier molecular flexibility index (Phi) is 15.1. The van der Waals surface area contributed by atoms with Gasteiger partial charge in [-0.15, -0.1) is 0 Å². The van der Waals surface area contributed by atoms with E-state index in [4.69, 9.17) is 4.98 Å². The molecule has 0 aliphatic carbocycles. The fraction of sp³-hybridized carbons (Fsp3) is 0.550. The van der Waals surface area contributed by atoms with Crippen LogP contribution in [-0.4, -0.2) is 40.8 Å². The third-order valence-corrected chi connectivity index (χ3v) is 10.0. The summed E-state index contributed by atoms with van der Waals surface area (Å²) in [6.45, 7) is 18.6. The van der Waals surface area contributed by atoms with Gasteiger partial charge in [-0.25, -0.2) is 9.99 Å². The average molecular weight is 688 g/mol. The van der Waals surface area contributed by atoms with Gasteiger partial charge >= 0.3 is 0 Å². The molecule has 9 heteroatoms. The molecule has 0 aliphatic heterocycles. The van der Waals surface area contributed by atoms with Crippen molar-refractivity contribution in [1.29, 1.82) is 5.26 Å². The van der Waals surface area contributed by atoms with Crippen LogP contribution in [0.25, 0.3) is 12.7 Å². The van der Waals surface area contributed by atoms with Gasteiger partial charge < -0.3 is 10.0 Å². The Morgan fingerprint density at radius 1 is 0.980 bits per heavy atom. The first-order chi connectivity index (χ1) is 23.3. The number of carbonyl (C=O) groups is 1. The molecule has 0 fully saturated rings. The third kappa shape index (κ3) is 10.5. The van der Waals surface area contributed by atoms with Crippen LogP contribution < -0.4 is 25.9 Å². The lowest BCUT2D eigenvalue weighted by atomic mass is 9.91. The number of unbranched alkanes of at least 4 members (excludes halogenated alkanes) is 10. The Hall–Kier alpha value is -3.90. The van der Waals surface area contributed by atoms with Crippen molar-refractivity contribution < 1.29 is 9.90 Å². The van der Waals surface area contributed by atoms with Gasteiger partial charge in [0.15, 0.2) is 5.13 Å². The second-order valence-electron chi connectivity index (χ2n) is 14.1. The van der Waals surface area contributed by atoms with E-state index in [0.717, 1.165) is 56.9 Å². The number of hydrogen-bond acceptors (Lipinski definition) is 7. The monoisotopic (exact) mass is 687 g/mol. The molecule has 0 aliphatic rings. The maximum atomic E-state index is 14.1. The highest BCUT2D eigenvalue weighted by Gasteiger charge is 2.26. The first kappa shape index (κ1) is 39.5. The summed E-state index contributed by atoms with van der Waals surface area (Å²) in [5.41, 5.74) is 1.05. The summed E-state index contributed by atoms with van der Waals surface area (Å²) < 4.78 is 0.864. The van der Waals surface area contributed by atoms with Gasteiger partial charge in [-0.3, -0.25) is 9.59 Å². The Labute approximate surface area is 297 Å². The molecule has 0 saturated carbocycles. The number of aromatic hydroxyl groups is 1. The van der Waals surface area contributed by atoms with Crippen molar-refractivity contribution in [1.82, 2.24) is 9.66 Å². The molecule has 49 heavy (non-hydrogen) atoms. The van der Waals surface area contributed by atoms with Gasteiger partial charge in [0.1, 0.15) is 11.6 Å². The summed E-state index contributed by atoms with van der Waals surface area (Å²) in [4.78, 5) is 35.9. The first-order valence-electron chi connectivity index (χ1n) is 18.1. The molecule has 0 bridgehead atoms. The summed E-state index contributed by atoms with van der Waals surface area (Å²) in [6.07, 6.45) is 16.3. The van der Waals surface area contributed by atoms with E-state index in [1.54, 1.807) is 41.7 Å². The van der Waals surface area contributed by atoms with Crippen LogP contribution in [0.4, 0.5) is 5.13 Å². The number of nitrogens with zero attached hydrogens (tertiary/aromatic N) is 5. The highest BCUT2D eigenvalue weighted by Crippen LogP contribution is 2.35. The molecule has 0 unspecified atom stereocenters. The van der Waals surface area contributed by atoms with Crippen molar-refractivity contribution in [3.63, 3.8) is 0 Å². The quantitative estimate of drug-likeness (QED) is 0.138. The van der Waals surface area contributed by atoms with E-state index < -0.39 is 17.3 Å². The predicted molar refractivity (Wildman–Crippen MR) is 205 cm³/mol. The van der Waals surface area contributed by atoms with E-state index in [0.29, 0.717) is 5.56 Å². The van der Waals surface area contributed by atoms with Gasteiger partial charge in [0.2, 0.25) is 5.88 Å². The number of benzene rings is 1. The van der Waals surface area contributed by atoms with E-state index >= 15 is 0 Å². The van der Waals surface area contributed by atoms with Crippen LogP contribution in [-0.2, 0) is 5.41 Å². The molecule has 1 N–H and O–H groups in total. The fourth-order valence-electron chi connectivity index (χ4n) is 5.92. The van der Waals surface area contributed by atoms with Gasteiger partial charge in [0.25, 0.3) is 11.5 Å².